The van der Waals surface area contributed by atoms with Crippen LogP contribution >= 0.6 is 11.3 Å². The number of aromatic nitrogens is 1. The molecule has 1 fully saturated rings. The van der Waals surface area contributed by atoms with Crippen LogP contribution in [-0.2, 0) is 16.1 Å². The SMILES string of the molecule is Cc1ccc(OCc2nc(C(=O)O[C@@H](C)C(=O)NC3CCCC3)cs2)cc1. The van der Waals surface area contributed by atoms with Gasteiger partial charge in [0, 0.05) is 11.4 Å². The lowest BCUT2D eigenvalue weighted by Gasteiger charge is -2.16. The molecular weight excluding hydrogens is 364 g/mol. The van der Waals surface area contributed by atoms with Gasteiger partial charge in [-0.15, -0.1) is 11.3 Å². The number of nitrogens with one attached hydrogen (secondary N) is 1. The minimum Gasteiger partial charge on any atom is -0.486 e. The van der Waals surface area contributed by atoms with Gasteiger partial charge in [-0.2, -0.15) is 0 Å². The molecule has 6 nitrogen and oxygen atoms in total. The summed E-state index contributed by atoms with van der Waals surface area (Å²) in [5.74, 6) is -0.104. The number of hydrogen-bond acceptors (Lipinski definition) is 6. The van der Waals surface area contributed by atoms with E-state index >= 15 is 0 Å². The lowest BCUT2D eigenvalue weighted by molar-refractivity contribution is -0.129. The van der Waals surface area contributed by atoms with Gasteiger partial charge in [0.25, 0.3) is 5.91 Å². The highest BCUT2D eigenvalue weighted by molar-refractivity contribution is 7.09. The number of aryl methyl sites for hydroxylation is 1. The third-order valence-corrected chi connectivity index (χ3v) is 5.32. The molecule has 0 unspecified atom stereocenters. The Morgan fingerprint density at radius 1 is 1.26 bits per heavy atom. The Labute approximate surface area is 162 Å². The van der Waals surface area contributed by atoms with Crippen molar-refractivity contribution < 1.29 is 19.1 Å². The topological polar surface area (TPSA) is 77.5 Å². The number of benzene rings is 1. The Balaban J connectivity index is 1.48. The number of carbonyl (C=O) groups excluding carboxylic acids is 2. The first-order valence-corrected chi connectivity index (χ1v) is 10.0. The summed E-state index contributed by atoms with van der Waals surface area (Å²) in [7, 11) is 0. The smallest absolute Gasteiger partial charge is 0.358 e. The molecule has 1 saturated carbocycles. The lowest BCUT2D eigenvalue weighted by atomic mass is 10.2. The Bertz CT molecular complexity index is 782. The number of rotatable bonds is 7. The van der Waals surface area contributed by atoms with Crippen LogP contribution < -0.4 is 10.1 Å². The van der Waals surface area contributed by atoms with Gasteiger partial charge in [0.1, 0.15) is 17.4 Å². The van der Waals surface area contributed by atoms with Crippen LogP contribution in [0.4, 0.5) is 0 Å². The largest absolute Gasteiger partial charge is 0.486 e. The van der Waals surface area contributed by atoms with Gasteiger partial charge in [-0.1, -0.05) is 30.5 Å². The highest BCUT2D eigenvalue weighted by Gasteiger charge is 2.24. The fourth-order valence-electron chi connectivity index (χ4n) is 2.91. The number of amides is 1. The van der Waals surface area contributed by atoms with Crippen LogP contribution in [0, 0.1) is 6.92 Å². The fraction of sp³-hybridized carbons (Fsp3) is 0.450. The Morgan fingerprint density at radius 3 is 2.67 bits per heavy atom. The van der Waals surface area contributed by atoms with Crippen LogP contribution in [0.5, 0.6) is 5.75 Å². The molecule has 1 N–H and O–H groups in total. The summed E-state index contributed by atoms with van der Waals surface area (Å²) in [6, 6.07) is 7.92. The Morgan fingerprint density at radius 2 is 1.96 bits per heavy atom. The molecule has 3 rings (SSSR count). The van der Waals surface area contributed by atoms with Gasteiger partial charge in [-0.05, 0) is 38.8 Å². The average Bonchev–Trinajstić information content (AvgIpc) is 3.33. The van der Waals surface area contributed by atoms with Gasteiger partial charge < -0.3 is 14.8 Å². The van der Waals surface area contributed by atoms with Gasteiger partial charge in [0.15, 0.2) is 11.8 Å². The van der Waals surface area contributed by atoms with Crippen LogP contribution in [-0.4, -0.2) is 29.0 Å². The van der Waals surface area contributed by atoms with Gasteiger partial charge in [0.05, 0.1) is 0 Å². The molecule has 1 aromatic heterocycles. The number of esters is 1. The van der Waals surface area contributed by atoms with Crippen LogP contribution in [0.2, 0.25) is 0 Å². The zero-order valence-electron chi connectivity index (χ0n) is 15.6. The van der Waals surface area contributed by atoms with Crippen molar-refractivity contribution in [2.75, 3.05) is 0 Å². The maximum atomic E-state index is 12.2. The molecule has 1 heterocycles. The Kier molecular flexibility index (Phi) is 6.45. The average molecular weight is 388 g/mol. The second-order valence-electron chi connectivity index (χ2n) is 6.77. The highest BCUT2D eigenvalue weighted by Crippen LogP contribution is 2.19. The lowest BCUT2D eigenvalue weighted by Crippen LogP contribution is -2.40. The second-order valence-corrected chi connectivity index (χ2v) is 7.71. The van der Waals surface area contributed by atoms with E-state index in [-0.39, 0.29) is 24.2 Å². The molecule has 2 aromatic rings. The van der Waals surface area contributed by atoms with Gasteiger partial charge in [0.2, 0.25) is 0 Å². The normalized spacial score (nSPS) is 15.3. The molecule has 0 bridgehead atoms. The van der Waals surface area contributed by atoms with E-state index in [9.17, 15) is 9.59 Å². The van der Waals surface area contributed by atoms with Crippen LogP contribution in [0.25, 0.3) is 0 Å². The first-order valence-electron chi connectivity index (χ1n) is 9.16. The molecule has 1 aliphatic rings. The number of nitrogens with zero attached hydrogens (tertiary/aromatic N) is 1. The van der Waals surface area contributed by atoms with E-state index in [1.807, 2.05) is 31.2 Å². The summed E-state index contributed by atoms with van der Waals surface area (Å²) in [5.41, 5.74) is 1.36. The monoisotopic (exact) mass is 388 g/mol. The molecular formula is C20H24N2O4S. The fourth-order valence-corrected chi connectivity index (χ4v) is 3.59. The predicted octanol–water partition coefficient (Wildman–Crippen LogP) is 3.63. The summed E-state index contributed by atoms with van der Waals surface area (Å²) < 4.78 is 10.9. The second kappa shape index (κ2) is 8.99. The van der Waals surface area contributed by atoms with Crippen molar-refractivity contribution in [3.05, 3.63) is 45.9 Å². The molecule has 27 heavy (non-hydrogen) atoms. The van der Waals surface area contributed by atoms with Crippen molar-refractivity contribution >= 4 is 23.2 Å². The first kappa shape index (κ1) is 19.4. The summed E-state index contributed by atoms with van der Waals surface area (Å²) in [4.78, 5) is 28.6. The van der Waals surface area contributed by atoms with E-state index in [0.717, 1.165) is 37.0 Å². The quantitative estimate of drug-likeness (QED) is 0.733. The van der Waals surface area contributed by atoms with E-state index in [2.05, 4.69) is 10.3 Å². The van der Waals surface area contributed by atoms with Crippen LogP contribution in [0.15, 0.2) is 29.6 Å². The molecule has 1 aliphatic carbocycles. The minimum absolute atomic E-state index is 0.197. The van der Waals surface area contributed by atoms with Crippen LogP contribution in [0.1, 0.15) is 53.7 Å². The van der Waals surface area contributed by atoms with E-state index in [4.69, 9.17) is 9.47 Å². The Hall–Kier alpha value is -2.41. The maximum Gasteiger partial charge on any atom is 0.358 e. The van der Waals surface area contributed by atoms with E-state index < -0.39 is 12.1 Å². The molecule has 1 aromatic carbocycles. The van der Waals surface area contributed by atoms with E-state index in [0.29, 0.717) is 5.01 Å². The van der Waals surface area contributed by atoms with Crippen molar-refractivity contribution in [1.82, 2.24) is 10.3 Å². The molecule has 0 radical (unpaired) electrons. The van der Waals surface area contributed by atoms with Gasteiger partial charge >= 0.3 is 5.97 Å². The molecule has 0 saturated heterocycles. The summed E-state index contributed by atoms with van der Waals surface area (Å²) in [6.45, 7) is 3.87. The highest BCUT2D eigenvalue weighted by atomic mass is 32.1. The van der Waals surface area contributed by atoms with Crippen LogP contribution in [0.3, 0.4) is 0 Å². The summed E-state index contributed by atoms with van der Waals surface area (Å²) in [5, 5.41) is 5.22. The zero-order chi connectivity index (χ0) is 19.2. The zero-order valence-corrected chi connectivity index (χ0v) is 16.4. The first-order chi connectivity index (χ1) is 13.0. The number of hydrogen-bond donors (Lipinski definition) is 1. The van der Waals surface area contributed by atoms with E-state index in [1.165, 1.54) is 11.3 Å². The molecule has 1 atom stereocenters. The number of carbonyl (C=O) groups is 2. The number of thiazole rings is 1. The molecule has 0 spiro atoms. The molecule has 7 heteroatoms. The third-order valence-electron chi connectivity index (χ3n) is 4.50. The summed E-state index contributed by atoms with van der Waals surface area (Å²) >= 11 is 1.32. The van der Waals surface area contributed by atoms with Gasteiger partial charge in [-0.25, -0.2) is 9.78 Å². The summed E-state index contributed by atoms with van der Waals surface area (Å²) in [6.07, 6.45) is 3.40. The minimum atomic E-state index is -0.841. The van der Waals surface area contributed by atoms with E-state index in [1.54, 1.807) is 12.3 Å². The van der Waals surface area contributed by atoms with Crippen molar-refractivity contribution in [3.8, 4) is 5.75 Å². The van der Waals surface area contributed by atoms with Crippen molar-refractivity contribution in [3.63, 3.8) is 0 Å². The molecule has 0 aliphatic heterocycles. The molecule has 1 amide bonds. The standard InChI is InChI=1S/C20H24N2O4S/c1-13-7-9-16(10-8-13)25-11-18-22-17(12-27-18)20(24)26-14(2)19(23)21-15-5-3-4-6-15/h7-10,12,14-15H,3-6,11H2,1-2H3,(H,21,23)/t14-/m0/s1. The molecule has 144 valence electrons. The number of ether oxygens (including phenoxy) is 2. The van der Waals surface area contributed by atoms with Crippen molar-refractivity contribution in [2.24, 2.45) is 0 Å². The van der Waals surface area contributed by atoms with Crippen molar-refractivity contribution in [2.45, 2.75) is 58.3 Å². The maximum absolute atomic E-state index is 12.2. The van der Waals surface area contributed by atoms with Gasteiger partial charge in [-0.3, -0.25) is 4.79 Å². The third kappa shape index (κ3) is 5.53. The van der Waals surface area contributed by atoms with Crippen molar-refractivity contribution in [1.29, 1.82) is 0 Å². The predicted molar refractivity (Wildman–Crippen MR) is 103 cm³/mol.